The first-order valence-corrected chi connectivity index (χ1v) is 7.02. The molecule has 2 heterocycles. The molecule has 22 heavy (non-hydrogen) atoms. The number of fused-ring (bicyclic) bond motifs is 1. The molecule has 0 aliphatic carbocycles. The molecule has 2 aromatic heterocycles. The van der Waals surface area contributed by atoms with Gasteiger partial charge in [0.25, 0.3) is 0 Å². The number of hydrogen-bond donors (Lipinski definition) is 1. The summed E-state index contributed by atoms with van der Waals surface area (Å²) in [7, 11) is 0. The van der Waals surface area contributed by atoms with E-state index in [1.807, 2.05) is 6.07 Å². The highest BCUT2D eigenvalue weighted by molar-refractivity contribution is 7.80. The summed E-state index contributed by atoms with van der Waals surface area (Å²) in [5, 5.41) is 0. The molecule has 0 amide bonds. The van der Waals surface area contributed by atoms with E-state index in [1.54, 1.807) is 22.9 Å². The first kappa shape index (κ1) is 14.5. The Morgan fingerprint density at radius 1 is 1.23 bits per heavy atom. The Bertz CT molecular complexity index is 846. The van der Waals surface area contributed by atoms with Crippen LogP contribution >= 0.6 is 12.2 Å². The first-order valence-electron chi connectivity index (χ1n) is 6.61. The van der Waals surface area contributed by atoms with Crippen LogP contribution in [0.25, 0.3) is 22.6 Å². The van der Waals surface area contributed by atoms with Gasteiger partial charge in [-0.1, -0.05) is 18.3 Å². The summed E-state index contributed by atoms with van der Waals surface area (Å²) in [6.07, 6.45) is 2.06. The van der Waals surface area contributed by atoms with Gasteiger partial charge in [0.05, 0.1) is 16.0 Å². The molecule has 0 atom stereocenters. The lowest BCUT2D eigenvalue weighted by Gasteiger charge is -2.08. The summed E-state index contributed by atoms with van der Waals surface area (Å²) in [5.41, 5.74) is 7.00. The Morgan fingerprint density at radius 2 is 2.00 bits per heavy atom. The second-order valence-electron chi connectivity index (χ2n) is 4.77. The lowest BCUT2D eigenvalue weighted by molar-refractivity contribution is 0.510. The molecule has 0 bridgehead atoms. The Labute approximate surface area is 130 Å². The standard InChI is InChI=1S/C15H12F2N4S/c16-9-7-12-13(8-10(9)17)21(6-4-14(18)22)15(20-12)11-3-1-2-5-19-11/h1-3,5,7-8H,4,6H2,(H2,18,22). The molecule has 0 radical (unpaired) electrons. The van der Waals surface area contributed by atoms with Crippen LogP contribution in [0, 0.1) is 11.6 Å². The monoisotopic (exact) mass is 318 g/mol. The SMILES string of the molecule is NC(=S)CCn1c(-c2ccccn2)nc2cc(F)c(F)cc21. The molecular weight excluding hydrogens is 306 g/mol. The van der Waals surface area contributed by atoms with E-state index in [9.17, 15) is 8.78 Å². The van der Waals surface area contributed by atoms with Gasteiger partial charge in [-0.25, -0.2) is 13.8 Å². The molecule has 0 saturated heterocycles. The predicted molar refractivity (Wildman–Crippen MR) is 84.3 cm³/mol. The number of benzene rings is 1. The number of aryl methyl sites for hydroxylation is 1. The van der Waals surface area contributed by atoms with Crippen LogP contribution in [0.3, 0.4) is 0 Å². The number of imidazole rings is 1. The van der Waals surface area contributed by atoms with Crippen LogP contribution in [0.2, 0.25) is 0 Å². The Morgan fingerprint density at radius 3 is 2.68 bits per heavy atom. The van der Waals surface area contributed by atoms with Crippen molar-refractivity contribution in [1.29, 1.82) is 0 Å². The van der Waals surface area contributed by atoms with Crippen molar-refractivity contribution >= 4 is 28.2 Å². The molecule has 0 saturated carbocycles. The van der Waals surface area contributed by atoms with E-state index in [1.165, 1.54) is 0 Å². The summed E-state index contributed by atoms with van der Waals surface area (Å²) in [4.78, 5) is 8.96. The minimum Gasteiger partial charge on any atom is -0.393 e. The number of nitrogens with two attached hydrogens (primary N) is 1. The van der Waals surface area contributed by atoms with Crippen LogP contribution in [0.1, 0.15) is 6.42 Å². The summed E-state index contributed by atoms with van der Waals surface area (Å²) in [5.74, 6) is -1.33. The Hall–Kier alpha value is -2.41. The van der Waals surface area contributed by atoms with E-state index in [-0.39, 0.29) is 0 Å². The Kier molecular flexibility index (Phi) is 3.81. The summed E-state index contributed by atoms with van der Waals surface area (Å²) < 4.78 is 28.7. The molecule has 7 heteroatoms. The maximum Gasteiger partial charge on any atom is 0.161 e. The molecule has 3 rings (SSSR count). The molecule has 0 aliphatic heterocycles. The zero-order valence-electron chi connectivity index (χ0n) is 11.5. The fourth-order valence-corrected chi connectivity index (χ4v) is 2.35. The zero-order valence-corrected chi connectivity index (χ0v) is 12.3. The first-order chi connectivity index (χ1) is 10.6. The van der Waals surface area contributed by atoms with Gasteiger partial charge in [-0.3, -0.25) is 4.98 Å². The molecule has 0 spiro atoms. The number of rotatable bonds is 4. The van der Waals surface area contributed by atoms with Crippen molar-refractivity contribution in [3.05, 3.63) is 48.2 Å². The molecule has 0 aliphatic rings. The maximum absolute atomic E-state index is 13.6. The van der Waals surface area contributed by atoms with Crippen molar-refractivity contribution in [1.82, 2.24) is 14.5 Å². The average Bonchev–Trinajstić information content (AvgIpc) is 2.84. The van der Waals surface area contributed by atoms with Crippen LogP contribution < -0.4 is 5.73 Å². The maximum atomic E-state index is 13.6. The van der Waals surface area contributed by atoms with Crippen molar-refractivity contribution in [2.75, 3.05) is 0 Å². The summed E-state index contributed by atoms with van der Waals surface area (Å²) in [6.45, 7) is 0.419. The van der Waals surface area contributed by atoms with Gasteiger partial charge in [0.2, 0.25) is 0 Å². The number of aromatic nitrogens is 3. The van der Waals surface area contributed by atoms with E-state index in [0.717, 1.165) is 12.1 Å². The topological polar surface area (TPSA) is 56.7 Å². The van der Waals surface area contributed by atoms with Crippen LogP contribution in [0.4, 0.5) is 8.78 Å². The lowest BCUT2D eigenvalue weighted by atomic mass is 10.3. The number of thiocarbonyl (C=S) groups is 1. The van der Waals surface area contributed by atoms with Crippen LogP contribution in [0.5, 0.6) is 0 Å². The van der Waals surface area contributed by atoms with Gasteiger partial charge >= 0.3 is 0 Å². The van der Waals surface area contributed by atoms with Crippen molar-refractivity contribution < 1.29 is 8.78 Å². The fraction of sp³-hybridized carbons (Fsp3) is 0.133. The minimum atomic E-state index is -0.931. The van der Waals surface area contributed by atoms with Gasteiger partial charge in [0.15, 0.2) is 17.5 Å². The molecule has 0 unspecified atom stereocenters. The van der Waals surface area contributed by atoms with E-state index in [4.69, 9.17) is 18.0 Å². The molecule has 3 aromatic rings. The van der Waals surface area contributed by atoms with Gasteiger partial charge < -0.3 is 10.3 Å². The third-order valence-corrected chi connectivity index (χ3v) is 3.47. The van der Waals surface area contributed by atoms with E-state index >= 15 is 0 Å². The normalized spacial score (nSPS) is 11.0. The third kappa shape index (κ3) is 2.67. The van der Waals surface area contributed by atoms with E-state index in [2.05, 4.69) is 9.97 Å². The van der Waals surface area contributed by atoms with Crippen molar-refractivity contribution in [3.8, 4) is 11.5 Å². The number of nitrogens with zero attached hydrogens (tertiary/aromatic N) is 3. The van der Waals surface area contributed by atoms with Gasteiger partial charge in [0.1, 0.15) is 5.69 Å². The van der Waals surface area contributed by atoms with Crippen molar-refractivity contribution in [2.45, 2.75) is 13.0 Å². The van der Waals surface area contributed by atoms with Gasteiger partial charge in [-0.05, 0) is 12.1 Å². The van der Waals surface area contributed by atoms with E-state index in [0.29, 0.717) is 40.5 Å². The largest absolute Gasteiger partial charge is 0.393 e. The average molecular weight is 318 g/mol. The molecule has 1 aromatic carbocycles. The highest BCUT2D eigenvalue weighted by atomic mass is 32.1. The fourth-order valence-electron chi connectivity index (χ4n) is 2.26. The zero-order chi connectivity index (χ0) is 15.7. The third-order valence-electron chi connectivity index (χ3n) is 3.27. The molecule has 2 N–H and O–H groups in total. The number of pyridine rings is 1. The molecule has 0 fully saturated rings. The quantitative estimate of drug-likeness (QED) is 0.751. The molecule has 4 nitrogen and oxygen atoms in total. The molecule has 112 valence electrons. The van der Waals surface area contributed by atoms with Gasteiger partial charge in [0, 0.05) is 31.3 Å². The van der Waals surface area contributed by atoms with Crippen molar-refractivity contribution in [2.24, 2.45) is 5.73 Å². The lowest BCUT2D eigenvalue weighted by Crippen LogP contribution is -2.12. The van der Waals surface area contributed by atoms with E-state index < -0.39 is 11.6 Å². The predicted octanol–water partition coefficient (Wildman–Crippen LogP) is 3.05. The van der Waals surface area contributed by atoms with Gasteiger partial charge in [-0.15, -0.1) is 0 Å². The number of halogens is 2. The van der Waals surface area contributed by atoms with Crippen molar-refractivity contribution in [3.63, 3.8) is 0 Å². The van der Waals surface area contributed by atoms with Crippen LogP contribution in [0.15, 0.2) is 36.5 Å². The second kappa shape index (κ2) is 5.76. The minimum absolute atomic E-state index is 0.344. The smallest absolute Gasteiger partial charge is 0.161 e. The summed E-state index contributed by atoms with van der Waals surface area (Å²) in [6, 6.07) is 7.59. The molecular formula is C15H12F2N4S. The Balaban J connectivity index is 2.21. The highest BCUT2D eigenvalue weighted by Crippen LogP contribution is 2.25. The van der Waals surface area contributed by atoms with Gasteiger partial charge in [-0.2, -0.15) is 0 Å². The highest BCUT2D eigenvalue weighted by Gasteiger charge is 2.16. The number of hydrogen-bond acceptors (Lipinski definition) is 3. The second-order valence-corrected chi connectivity index (χ2v) is 5.30. The summed E-state index contributed by atoms with van der Waals surface area (Å²) >= 11 is 4.89. The van der Waals surface area contributed by atoms with Crippen LogP contribution in [-0.2, 0) is 6.54 Å². The van der Waals surface area contributed by atoms with Crippen LogP contribution in [-0.4, -0.2) is 19.5 Å².